The first-order valence-electron chi connectivity index (χ1n) is 8.92. The molecule has 1 saturated heterocycles. The summed E-state index contributed by atoms with van der Waals surface area (Å²) >= 11 is 1.31. The van der Waals surface area contributed by atoms with Gasteiger partial charge in [0.2, 0.25) is 10.1 Å². The molecule has 3 heterocycles. The SMILES string of the molecule is CCOc1ccccc1NC(=O)c1cnc2sc(N3CCOCC3)nn2c1=O. The minimum Gasteiger partial charge on any atom is -0.492 e. The summed E-state index contributed by atoms with van der Waals surface area (Å²) in [7, 11) is 0. The number of anilines is 2. The highest BCUT2D eigenvalue weighted by Gasteiger charge is 2.20. The number of morpholine rings is 1. The van der Waals surface area contributed by atoms with Gasteiger partial charge < -0.3 is 19.7 Å². The van der Waals surface area contributed by atoms with E-state index in [2.05, 4.69) is 15.4 Å². The average molecular weight is 401 g/mol. The molecule has 28 heavy (non-hydrogen) atoms. The van der Waals surface area contributed by atoms with Crippen molar-refractivity contribution < 1.29 is 14.3 Å². The standard InChI is InChI=1S/C18H19N5O4S/c1-2-27-14-6-4-3-5-13(14)20-15(24)12-11-19-17-23(16(12)25)21-18(28-17)22-7-9-26-10-8-22/h3-6,11H,2,7-10H2,1H3,(H,20,24). The Kier molecular flexibility index (Phi) is 5.22. The van der Waals surface area contributed by atoms with Gasteiger partial charge >= 0.3 is 0 Å². The number of aromatic nitrogens is 3. The summed E-state index contributed by atoms with van der Waals surface area (Å²) in [6.07, 6.45) is 1.29. The molecule has 1 N–H and O–H groups in total. The molecule has 146 valence electrons. The topological polar surface area (TPSA) is 98.1 Å². The summed E-state index contributed by atoms with van der Waals surface area (Å²) in [5.41, 5.74) is -0.0964. The Morgan fingerprint density at radius 3 is 2.89 bits per heavy atom. The van der Waals surface area contributed by atoms with Crippen LogP contribution in [0.25, 0.3) is 4.96 Å². The molecular formula is C18H19N5O4S. The summed E-state index contributed by atoms with van der Waals surface area (Å²) in [4.78, 5) is 32.2. The fourth-order valence-corrected chi connectivity index (χ4v) is 3.77. The van der Waals surface area contributed by atoms with E-state index in [1.807, 2.05) is 17.9 Å². The first-order valence-corrected chi connectivity index (χ1v) is 9.73. The lowest BCUT2D eigenvalue weighted by molar-refractivity contribution is 0.102. The summed E-state index contributed by atoms with van der Waals surface area (Å²) in [6, 6.07) is 7.06. The van der Waals surface area contributed by atoms with Gasteiger partial charge in [-0.2, -0.15) is 4.52 Å². The molecule has 10 heteroatoms. The molecule has 1 aliphatic heterocycles. The van der Waals surface area contributed by atoms with Gasteiger partial charge in [0.05, 0.1) is 25.5 Å². The third-order valence-corrected chi connectivity index (χ3v) is 5.22. The Balaban J connectivity index is 1.63. The lowest BCUT2D eigenvalue weighted by atomic mass is 10.2. The number of ether oxygens (including phenoxy) is 2. The largest absolute Gasteiger partial charge is 0.492 e. The molecule has 0 saturated carbocycles. The first-order chi connectivity index (χ1) is 13.7. The molecule has 0 spiro atoms. The lowest BCUT2D eigenvalue weighted by Crippen LogP contribution is -2.36. The monoisotopic (exact) mass is 401 g/mol. The third-order valence-electron chi connectivity index (χ3n) is 4.24. The van der Waals surface area contributed by atoms with Crippen LogP contribution in [-0.4, -0.2) is 53.4 Å². The zero-order valence-corrected chi connectivity index (χ0v) is 16.1. The van der Waals surface area contributed by atoms with Crippen molar-refractivity contribution in [1.82, 2.24) is 14.6 Å². The van der Waals surface area contributed by atoms with E-state index in [1.54, 1.807) is 18.2 Å². The molecule has 1 aromatic carbocycles. The van der Waals surface area contributed by atoms with Crippen LogP contribution >= 0.6 is 11.3 Å². The number of hydrogen-bond acceptors (Lipinski definition) is 8. The molecule has 1 amide bonds. The van der Waals surface area contributed by atoms with E-state index in [-0.39, 0.29) is 5.56 Å². The van der Waals surface area contributed by atoms with Crippen molar-refractivity contribution in [1.29, 1.82) is 0 Å². The van der Waals surface area contributed by atoms with Gasteiger partial charge in [-0.05, 0) is 19.1 Å². The number of nitrogens with zero attached hydrogens (tertiary/aromatic N) is 4. The second-order valence-corrected chi connectivity index (χ2v) is 6.97. The van der Waals surface area contributed by atoms with Crippen LogP contribution in [0.5, 0.6) is 5.75 Å². The Labute approximate surface area is 164 Å². The van der Waals surface area contributed by atoms with Crippen LogP contribution < -0.4 is 20.5 Å². The first kappa shape index (κ1) is 18.4. The van der Waals surface area contributed by atoms with Crippen molar-refractivity contribution in [3.05, 3.63) is 46.4 Å². The number of carbonyl (C=O) groups excluding carboxylic acids is 1. The van der Waals surface area contributed by atoms with Gasteiger partial charge in [-0.25, -0.2) is 4.98 Å². The van der Waals surface area contributed by atoms with Crippen molar-refractivity contribution in [3.8, 4) is 5.75 Å². The molecule has 9 nitrogen and oxygen atoms in total. The summed E-state index contributed by atoms with van der Waals surface area (Å²) in [5, 5.41) is 7.76. The van der Waals surface area contributed by atoms with Crippen LogP contribution in [0.4, 0.5) is 10.8 Å². The van der Waals surface area contributed by atoms with E-state index < -0.39 is 11.5 Å². The molecule has 3 aromatic rings. The fourth-order valence-electron chi connectivity index (χ4n) is 2.86. The number of para-hydroxylation sites is 2. The molecule has 1 fully saturated rings. The van der Waals surface area contributed by atoms with Crippen molar-refractivity contribution in [2.45, 2.75) is 6.92 Å². The molecular weight excluding hydrogens is 382 g/mol. The zero-order chi connectivity index (χ0) is 19.5. The minimum atomic E-state index is -0.556. The maximum Gasteiger partial charge on any atom is 0.288 e. The third kappa shape index (κ3) is 3.56. The van der Waals surface area contributed by atoms with E-state index in [4.69, 9.17) is 9.47 Å². The number of carbonyl (C=O) groups is 1. The second-order valence-electron chi connectivity index (χ2n) is 6.04. The number of nitrogens with one attached hydrogen (secondary N) is 1. The van der Waals surface area contributed by atoms with Gasteiger partial charge in [-0.3, -0.25) is 9.59 Å². The molecule has 1 aliphatic rings. The van der Waals surface area contributed by atoms with E-state index >= 15 is 0 Å². The summed E-state index contributed by atoms with van der Waals surface area (Å²) < 4.78 is 12.0. The Morgan fingerprint density at radius 1 is 1.32 bits per heavy atom. The van der Waals surface area contributed by atoms with Crippen LogP contribution in [-0.2, 0) is 4.74 Å². The Morgan fingerprint density at radius 2 is 2.11 bits per heavy atom. The zero-order valence-electron chi connectivity index (χ0n) is 15.3. The lowest BCUT2D eigenvalue weighted by Gasteiger charge is -2.25. The van der Waals surface area contributed by atoms with Gasteiger partial charge in [0.25, 0.3) is 11.5 Å². The van der Waals surface area contributed by atoms with Crippen LogP contribution in [0.3, 0.4) is 0 Å². The van der Waals surface area contributed by atoms with E-state index in [0.29, 0.717) is 54.4 Å². The molecule has 2 aromatic heterocycles. The van der Waals surface area contributed by atoms with Crippen molar-refractivity contribution in [2.24, 2.45) is 0 Å². The highest BCUT2D eigenvalue weighted by molar-refractivity contribution is 7.20. The van der Waals surface area contributed by atoms with E-state index in [1.165, 1.54) is 22.0 Å². The molecule has 4 rings (SSSR count). The maximum absolute atomic E-state index is 12.8. The molecule has 0 radical (unpaired) electrons. The number of hydrogen-bond donors (Lipinski definition) is 1. The molecule has 0 aliphatic carbocycles. The van der Waals surface area contributed by atoms with Gasteiger partial charge in [-0.15, -0.1) is 5.10 Å². The highest BCUT2D eigenvalue weighted by Crippen LogP contribution is 2.25. The highest BCUT2D eigenvalue weighted by atomic mass is 32.1. The Bertz CT molecular complexity index is 1060. The quantitative estimate of drug-likeness (QED) is 0.694. The van der Waals surface area contributed by atoms with Gasteiger partial charge in [0, 0.05) is 19.3 Å². The number of fused-ring (bicyclic) bond motifs is 1. The predicted molar refractivity (Wildman–Crippen MR) is 106 cm³/mol. The average Bonchev–Trinajstić information content (AvgIpc) is 3.16. The van der Waals surface area contributed by atoms with Crippen LogP contribution in [0.1, 0.15) is 17.3 Å². The van der Waals surface area contributed by atoms with Crippen molar-refractivity contribution in [3.63, 3.8) is 0 Å². The van der Waals surface area contributed by atoms with Gasteiger partial charge in [-0.1, -0.05) is 23.5 Å². The van der Waals surface area contributed by atoms with Gasteiger partial charge in [0.1, 0.15) is 11.3 Å². The van der Waals surface area contributed by atoms with Crippen LogP contribution in [0.2, 0.25) is 0 Å². The summed E-state index contributed by atoms with van der Waals surface area (Å²) in [6.45, 7) is 4.96. The van der Waals surface area contributed by atoms with Gasteiger partial charge in [0.15, 0.2) is 0 Å². The minimum absolute atomic E-state index is 0.0809. The molecule has 0 atom stereocenters. The normalized spacial score (nSPS) is 14.2. The number of benzene rings is 1. The maximum atomic E-state index is 12.8. The van der Waals surface area contributed by atoms with Crippen LogP contribution in [0, 0.1) is 0 Å². The summed E-state index contributed by atoms with van der Waals surface area (Å²) in [5.74, 6) is -0.0178. The smallest absolute Gasteiger partial charge is 0.288 e. The van der Waals surface area contributed by atoms with E-state index in [0.717, 1.165) is 0 Å². The molecule has 0 bridgehead atoms. The Hall–Kier alpha value is -2.98. The van der Waals surface area contributed by atoms with E-state index in [9.17, 15) is 9.59 Å². The van der Waals surface area contributed by atoms with Crippen molar-refractivity contribution in [2.75, 3.05) is 43.1 Å². The second kappa shape index (κ2) is 7.95. The molecule has 0 unspecified atom stereocenters. The fraction of sp³-hybridized carbons (Fsp3) is 0.333. The number of rotatable bonds is 5. The van der Waals surface area contributed by atoms with Crippen LogP contribution in [0.15, 0.2) is 35.3 Å². The predicted octanol–water partition coefficient (Wildman–Crippen LogP) is 1.64. The number of amides is 1. The van der Waals surface area contributed by atoms with Crippen molar-refractivity contribution >= 4 is 33.0 Å².